The molecule has 0 fully saturated rings. The fraction of sp³-hybridized carbons (Fsp3) is 0.278. The first-order valence-electron chi connectivity index (χ1n) is 7.57. The number of methoxy groups -OCH3 is 1. The zero-order valence-corrected chi connectivity index (χ0v) is 13.0. The molecule has 0 saturated carbocycles. The largest absolute Gasteiger partial charge is 0.497 e. The fourth-order valence-corrected chi connectivity index (χ4v) is 2.91. The van der Waals surface area contributed by atoms with E-state index in [1.165, 1.54) is 6.07 Å². The summed E-state index contributed by atoms with van der Waals surface area (Å²) in [5, 5.41) is 0. The molecule has 1 amide bonds. The molecule has 0 radical (unpaired) electrons. The number of rotatable bonds is 3. The van der Waals surface area contributed by atoms with Crippen molar-refractivity contribution in [3.63, 3.8) is 0 Å². The van der Waals surface area contributed by atoms with Crippen LogP contribution in [0.25, 0.3) is 0 Å². The van der Waals surface area contributed by atoms with E-state index in [1.54, 1.807) is 36.3 Å². The lowest BCUT2D eigenvalue weighted by molar-refractivity contribution is -0.118. The molecular weight excluding hydrogens is 295 g/mol. The first-order valence-corrected chi connectivity index (χ1v) is 7.57. The summed E-state index contributed by atoms with van der Waals surface area (Å²) >= 11 is 0. The highest BCUT2D eigenvalue weighted by molar-refractivity contribution is 5.96. The number of nitrogens with two attached hydrogens (primary N) is 1. The minimum atomic E-state index is -0.357. The average Bonchev–Trinajstić information content (AvgIpc) is 2.57. The number of hydrogen-bond donors (Lipinski definition) is 1. The van der Waals surface area contributed by atoms with Gasteiger partial charge in [-0.3, -0.25) is 4.79 Å². The summed E-state index contributed by atoms with van der Waals surface area (Å²) in [6, 6.07) is 11.7. The van der Waals surface area contributed by atoms with Crippen molar-refractivity contribution in [3.05, 3.63) is 59.4 Å². The van der Waals surface area contributed by atoms with Gasteiger partial charge in [0.05, 0.1) is 13.5 Å². The summed E-state index contributed by atoms with van der Waals surface area (Å²) in [7, 11) is 1.59. The number of carbonyl (C=O) groups is 1. The molecule has 0 aromatic heterocycles. The van der Waals surface area contributed by atoms with Crippen LogP contribution < -0.4 is 15.4 Å². The van der Waals surface area contributed by atoms with Crippen molar-refractivity contribution in [2.24, 2.45) is 5.73 Å². The van der Waals surface area contributed by atoms with Gasteiger partial charge < -0.3 is 15.4 Å². The smallest absolute Gasteiger partial charge is 0.231 e. The van der Waals surface area contributed by atoms with Gasteiger partial charge in [-0.2, -0.15) is 0 Å². The number of hydrogen-bond acceptors (Lipinski definition) is 3. The maximum atomic E-state index is 13.8. The van der Waals surface area contributed by atoms with E-state index < -0.39 is 0 Å². The number of nitrogens with zero attached hydrogens (tertiary/aromatic N) is 1. The second kappa shape index (κ2) is 6.38. The molecule has 1 aliphatic heterocycles. The summed E-state index contributed by atoms with van der Waals surface area (Å²) in [4.78, 5) is 14.3. The Labute approximate surface area is 134 Å². The van der Waals surface area contributed by atoms with E-state index in [0.29, 0.717) is 24.3 Å². The monoisotopic (exact) mass is 314 g/mol. The molecule has 0 spiro atoms. The quantitative estimate of drug-likeness (QED) is 0.948. The van der Waals surface area contributed by atoms with Gasteiger partial charge >= 0.3 is 0 Å². The van der Waals surface area contributed by atoms with E-state index in [2.05, 4.69) is 0 Å². The van der Waals surface area contributed by atoms with E-state index in [0.717, 1.165) is 11.3 Å². The fourth-order valence-electron chi connectivity index (χ4n) is 2.91. The molecule has 23 heavy (non-hydrogen) atoms. The Balaban J connectivity index is 1.88. The Morgan fingerprint density at radius 3 is 2.87 bits per heavy atom. The van der Waals surface area contributed by atoms with Crippen LogP contribution in [0.1, 0.15) is 23.6 Å². The van der Waals surface area contributed by atoms with Gasteiger partial charge in [0, 0.05) is 18.3 Å². The van der Waals surface area contributed by atoms with E-state index >= 15 is 0 Å². The molecular formula is C18H19FN2O2. The number of benzene rings is 2. The zero-order valence-electron chi connectivity index (χ0n) is 13.0. The van der Waals surface area contributed by atoms with E-state index in [-0.39, 0.29) is 24.2 Å². The molecule has 0 aliphatic carbocycles. The molecule has 1 atom stereocenters. The Kier molecular flexibility index (Phi) is 4.30. The molecule has 120 valence electrons. The summed E-state index contributed by atoms with van der Waals surface area (Å²) in [5.74, 6) is 0.223. The SMILES string of the molecule is COc1ccc2c(c1)C(N)CCN2C(=O)Cc1ccccc1F. The van der Waals surface area contributed by atoms with Crippen LogP contribution in [0.3, 0.4) is 0 Å². The highest BCUT2D eigenvalue weighted by Gasteiger charge is 2.27. The summed E-state index contributed by atoms with van der Waals surface area (Å²) < 4.78 is 19.0. The minimum Gasteiger partial charge on any atom is -0.497 e. The third kappa shape index (κ3) is 3.05. The maximum Gasteiger partial charge on any atom is 0.231 e. The lowest BCUT2D eigenvalue weighted by Crippen LogP contribution is -2.39. The van der Waals surface area contributed by atoms with Crippen LogP contribution in [0.2, 0.25) is 0 Å². The van der Waals surface area contributed by atoms with Crippen LogP contribution in [-0.4, -0.2) is 19.6 Å². The lowest BCUT2D eigenvalue weighted by Gasteiger charge is -2.33. The molecule has 1 aliphatic rings. The van der Waals surface area contributed by atoms with Crippen molar-refractivity contribution >= 4 is 11.6 Å². The van der Waals surface area contributed by atoms with Gasteiger partial charge in [-0.15, -0.1) is 0 Å². The molecule has 4 nitrogen and oxygen atoms in total. The van der Waals surface area contributed by atoms with Crippen LogP contribution in [-0.2, 0) is 11.2 Å². The maximum absolute atomic E-state index is 13.8. The molecule has 2 aromatic carbocycles. The van der Waals surface area contributed by atoms with Gasteiger partial charge in [-0.1, -0.05) is 18.2 Å². The second-order valence-electron chi connectivity index (χ2n) is 5.63. The van der Waals surface area contributed by atoms with Crippen LogP contribution in [0, 0.1) is 5.82 Å². The number of amides is 1. The van der Waals surface area contributed by atoms with Crippen LogP contribution in [0.15, 0.2) is 42.5 Å². The highest BCUT2D eigenvalue weighted by atomic mass is 19.1. The predicted octanol–water partition coefficient (Wildman–Crippen LogP) is 2.81. The molecule has 2 aromatic rings. The molecule has 5 heteroatoms. The van der Waals surface area contributed by atoms with Crippen molar-refractivity contribution < 1.29 is 13.9 Å². The summed E-state index contributed by atoms with van der Waals surface area (Å²) in [6.45, 7) is 0.535. The second-order valence-corrected chi connectivity index (χ2v) is 5.63. The Morgan fingerprint density at radius 2 is 2.13 bits per heavy atom. The zero-order chi connectivity index (χ0) is 16.4. The predicted molar refractivity (Wildman–Crippen MR) is 87.0 cm³/mol. The minimum absolute atomic E-state index is 0.0351. The third-order valence-corrected chi connectivity index (χ3v) is 4.19. The highest BCUT2D eigenvalue weighted by Crippen LogP contribution is 2.35. The number of carbonyl (C=O) groups excluding carboxylic acids is 1. The number of ether oxygens (including phenoxy) is 1. The number of halogens is 1. The standard InChI is InChI=1S/C18H19FN2O2/c1-23-13-6-7-17-14(11-13)16(20)8-9-21(17)18(22)10-12-4-2-3-5-15(12)19/h2-7,11,16H,8-10,20H2,1H3. The van der Waals surface area contributed by atoms with Crippen molar-refractivity contribution in [2.75, 3.05) is 18.6 Å². The van der Waals surface area contributed by atoms with Crippen molar-refractivity contribution in [1.29, 1.82) is 0 Å². The Bertz CT molecular complexity index is 733. The topological polar surface area (TPSA) is 55.6 Å². The number of fused-ring (bicyclic) bond motifs is 1. The molecule has 1 unspecified atom stereocenters. The van der Waals surface area contributed by atoms with Crippen molar-refractivity contribution in [3.8, 4) is 5.75 Å². The van der Waals surface area contributed by atoms with Gasteiger partial charge in [0.15, 0.2) is 0 Å². The van der Waals surface area contributed by atoms with Crippen LogP contribution >= 0.6 is 0 Å². The van der Waals surface area contributed by atoms with Gasteiger partial charge in [0.25, 0.3) is 0 Å². The van der Waals surface area contributed by atoms with E-state index in [4.69, 9.17) is 10.5 Å². The first kappa shape index (κ1) is 15.5. The first-order chi connectivity index (χ1) is 11.1. The third-order valence-electron chi connectivity index (χ3n) is 4.19. The van der Waals surface area contributed by atoms with Crippen molar-refractivity contribution in [2.45, 2.75) is 18.9 Å². The molecule has 1 heterocycles. The van der Waals surface area contributed by atoms with E-state index in [9.17, 15) is 9.18 Å². The van der Waals surface area contributed by atoms with Crippen LogP contribution in [0.4, 0.5) is 10.1 Å². The Hall–Kier alpha value is -2.40. The lowest BCUT2D eigenvalue weighted by atomic mass is 9.96. The Morgan fingerprint density at radius 1 is 1.35 bits per heavy atom. The van der Waals surface area contributed by atoms with Crippen LogP contribution in [0.5, 0.6) is 5.75 Å². The molecule has 2 N–H and O–H groups in total. The molecule has 0 saturated heterocycles. The molecule has 0 bridgehead atoms. The normalized spacial score (nSPS) is 16.8. The number of anilines is 1. The van der Waals surface area contributed by atoms with Gasteiger partial charge in [0.1, 0.15) is 11.6 Å². The average molecular weight is 314 g/mol. The van der Waals surface area contributed by atoms with Crippen molar-refractivity contribution in [1.82, 2.24) is 0 Å². The summed E-state index contributed by atoms with van der Waals surface area (Å²) in [5.41, 5.74) is 8.23. The van der Waals surface area contributed by atoms with E-state index in [1.807, 2.05) is 12.1 Å². The molecule has 3 rings (SSSR count). The van der Waals surface area contributed by atoms with Gasteiger partial charge in [-0.05, 0) is 41.8 Å². The van der Waals surface area contributed by atoms with Gasteiger partial charge in [-0.25, -0.2) is 4.39 Å². The summed E-state index contributed by atoms with van der Waals surface area (Å²) in [6.07, 6.45) is 0.705. The van der Waals surface area contributed by atoms with Gasteiger partial charge in [0.2, 0.25) is 5.91 Å².